The predicted octanol–water partition coefficient (Wildman–Crippen LogP) is -1.03. The molecule has 0 amide bonds. The molecule has 4 heteroatoms. The Hall–Kier alpha value is 2.18. The van der Waals surface area contributed by atoms with Crippen LogP contribution >= 0.6 is 13.5 Å². The van der Waals surface area contributed by atoms with Crippen molar-refractivity contribution in [3.63, 3.8) is 0 Å². The molecule has 0 aliphatic carbocycles. The molecule has 0 saturated heterocycles. The molecule has 0 atom stereocenters. The second-order valence-corrected chi connectivity index (χ2v) is 0. The predicted molar refractivity (Wildman–Crippen MR) is 27.6 cm³/mol. The maximum absolute atomic E-state index is 0. The first-order valence-electron chi connectivity index (χ1n) is 0. The van der Waals surface area contributed by atoms with Gasteiger partial charge in [0.05, 0.1) is 0 Å². The molecule has 0 aliphatic heterocycles. The molecule has 0 saturated carbocycles. The first-order valence-corrected chi connectivity index (χ1v) is 0. The number of hydrogen-bond acceptors (Lipinski definition) is 0. The third-order valence-corrected chi connectivity index (χ3v) is 0. The van der Waals surface area contributed by atoms with Crippen LogP contribution < -0.4 is 0 Å². The fourth-order valence-electron chi connectivity index (χ4n) is 0. The number of hydrogen-bond donors (Lipinski definition) is 0. The van der Waals surface area contributed by atoms with Crippen LogP contribution in [0.5, 0.6) is 0 Å². The topological polar surface area (TPSA) is 0 Å². The number of rotatable bonds is 0. The summed E-state index contributed by atoms with van der Waals surface area (Å²) in [6, 6.07) is 0. The summed E-state index contributed by atoms with van der Waals surface area (Å²) in [6.07, 6.45) is 0. The molecular formula is H2SSe2Te. The zero-order valence-electron chi connectivity index (χ0n) is 1.72. The van der Waals surface area contributed by atoms with Gasteiger partial charge in [0.25, 0.3) is 0 Å². The van der Waals surface area contributed by atoms with Crippen LogP contribution in [-0.2, 0) is 0 Å². The van der Waals surface area contributed by atoms with Crippen LogP contribution in [0.3, 0.4) is 0 Å². The minimum absolute atomic E-state index is 0. The van der Waals surface area contributed by atoms with Crippen molar-refractivity contribution >= 4 is 71.3 Å². The average Bonchev–Trinajstić information content (AvgIpc) is 0. The fraction of sp³-hybridized carbons (Fsp3) is 0. The van der Waals surface area contributed by atoms with Crippen LogP contribution in [0.25, 0.3) is 0 Å². The van der Waals surface area contributed by atoms with Gasteiger partial charge in [0.1, 0.15) is 0 Å². The van der Waals surface area contributed by atoms with Crippen LogP contribution in [0.1, 0.15) is 0 Å². The van der Waals surface area contributed by atoms with E-state index in [0.717, 1.165) is 0 Å². The average molecular weight is 320 g/mol. The largest absolute Gasteiger partial charge is 0.197 e. The summed E-state index contributed by atoms with van der Waals surface area (Å²) in [5.74, 6) is 0. The van der Waals surface area contributed by atoms with E-state index >= 15 is 0 Å². The second kappa shape index (κ2) is 19.1. The summed E-state index contributed by atoms with van der Waals surface area (Å²) in [5, 5.41) is 0. The Morgan fingerprint density at radius 3 is 0.750 bits per heavy atom. The molecule has 0 fully saturated rings. The van der Waals surface area contributed by atoms with E-state index < -0.39 is 0 Å². The van der Waals surface area contributed by atoms with Gasteiger partial charge in [0.15, 0.2) is 0 Å². The first-order chi connectivity index (χ1) is 0. The summed E-state index contributed by atoms with van der Waals surface area (Å²) >= 11 is 0. The molecule has 0 bridgehead atoms. The quantitative estimate of drug-likeness (QED) is 0.501. The van der Waals surface area contributed by atoms with E-state index in [9.17, 15) is 0 Å². The van der Waals surface area contributed by atoms with Crippen molar-refractivity contribution in [1.82, 2.24) is 0 Å². The molecule has 0 rings (SSSR count). The third kappa shape index (κ3) is 8.90. The van der Waals surface area contributed by atoms with E-state index in [1.807, 2.05) is 0 Å². The summed E-state index contributed by atoms with van der Waals surface area (Å²) in [6.45, 7) is 0. The van der Waals surface area contributed by atoms with Crippen molar-refractivity contribution < 1.29 is 0 Å². The van der Waals surface area contributed by atoms with Gasteiger partial charge in [-0.25, -0.2) is 0 Å². The van der Waals surface area contributed by atoms with E-state index in [1.54, 1.807) is 0 Å². The van der Waals surface area contributed by atoms with E-state index in [-0.39, 0.29) is 71.3 Å². The van der Waals surface area contributed by atoms with Gasteiger partial charge in [-0.2, -0.15) is 13.5 Å². The van der Waals surface area contributed by atoms with Crippen molar-refractivity contribution in [2.24, 2.45) is 0 Å². The van der Waals surface area contributed by atoms with Crippen LogP contribution in [0.15, 0.2) is 0 Å². The van der Waals surface area contributed by atoms with Crippen molar-refractivity contribution in [3.05, 3.63) is 0 Å². The van der Waals surface area contributed by atoms with Crippen LogP contribution in [0.4, 0.5) is 0 Å². The van der Waals surface area contributed by atoms with Gasteiger partial charge in [-0.3, -0.25) is 0 Å². The Balaban J connectivity index is 0. The Morgan fingerprint density at radius 2 is 0.750 bits per heavy atom. The summed E-state index contributed by atoms with van der Waals surface area (Å²) in [4.78, 5) is 0. The maximum Gasteiger partial charge on any atom is 0 e. The van der Waals surface area contributed by atoms with Crippen molar-refractivity contribution in [1.29, 1.82) is 0 Å². The minimum atomic E-state index is 0. The van der Waals surface area contributed by atoms with Crippen molar-refractivity contribution in [2.45, 2.75) is 0 Å². The monoisotopic (exact) mass is 324 g/mol. The van der Waals surface area contributed by atoms with Crippen molar-refractivity contribution in [3.8, 4) is 0 Å². The fourth-order valence-corrected chi connectivity index (χ4v) is 0. The van der Waals surface area contributed by atoms with Gasteiger partial charge in [-0.15, -0.1) is 0 Å². The maximum atomic E-state index is 0. The molecule has 0 aromatic heterocycles. The first kappa shape index (κ1) is 34.9. The van der Waals surface area contributed by atoms with Gasteiger partial charge >= 0.3 is 0 Å². The Bertz CT molecular complexity index is 6.00. The Morgan fingerprint density at radius 1 is 0.750 bits per heavy atom. The molecule has 26 valence electrons. The van der Waals surface area contributed by atoms with Crippen LogP contribution in [-0.4, -0.2) is 57.8 Å². The zero-order chi connectivity index (χ0) is 0. The molecular weight excluding hydrogens is 318 g/mol. The summed E-state index contributed by atoms with van der Waals surface area (Å²) in [5.41, 5.74) is 0. The Labute approximate surface area is 70.6 Å². The molecule has 0 N–H and O–H groups in total. The van der Waals surface area contributed by atoms with E-state index in [4.69, 9.17) is 0 Å². The molecule has 0 nitrogen and oxygen atoms in total. The normalized spacial score (nSPS) is 0. The molecule has 4 heavy (non-hydrogen) atoms. The van der Waals surface area contributed by atoms with Gasteiger partial charge < -0.3 is 0 Å². The Kier molecular flexibility index (Phi) is 166. The molecule has 0 aromatic carbocycles. The SMILES string of the molecule is S.[Se].[Se].[Te]. The molecule has 0 aliphatic rings. The van der Waals surface area contributed by atoms with Gasteiger partial charge in [0.2, 0.25) is 0 Å². The van der Waals surface area contributed by atoms with Gasteiger partial charge in [0, 0.05) is 57.8 Å². The van der Waals surface area contributed by atoms with E-state index in [0.29, 0.717) is 0 Å². The summed E-state index contributed by atoms with van der Waals surface area (Å²) < 4.78 is 0. The van der Waals surface area contributed by atoms with Crippen LogP contribution in [0, 0.1) is 0 Å². The standard InChI is InChI=1S/H2S.2Se.Te/h1H2;;;. The van der Waals surface area contributed by atoms with E-state index in [1.165, 1.54) is 0 Å². The minimum Gasteiger partial charge on any atom is -0.197 e. The summed E-state index contributed by atoms with van der Waals surface area (Å²) in [7, 11) is 0. The molecule has 0 aromatic rings. The molecule has 0 heterocycles. The van der Waals surface area contributed by atoms with Gasteiger partial charge in [-0.05, 0) is 0 Å². The molecule has 0 unspecified atom stereocenters. The smallest absolute Gasteiger partial charge is 0 e. The molecule has 0 spiro atoms. The zero-order valence-corrected chi connectivity index (χ0v) is 8.48. The van der Waals surface area contributed by atoms with Crippen molar-refractivity contribution in [2.75, 3.05) is 0 Å². The molecule has 6 radical (unpaired) electrons. The third-order valence-electron chi connectivity index (χ3n) is 0. The van der Waals surface area contributed by atoms with E-state index in [2.05, 4.69) is 0 Å². The van der Waals surface area contributed by atoms with Gasteiger partial charge in [-0.1, -0.05) is 0 Å². The van der Waals surface area contributed by atoms with Crippen LogP contribution in [0.2, 0.25) is 0 Å². The second-order valence-electron chi connectivity index (χ2n) is 0.